The summed E-state index contributed by atoms with van der Waals surface area (Å²) in [6.07, 6.45) is 1.82. The van der Waals surface area contributed by atoms with Gasteiger partial charge in [-0.1, -0.05) is 140 Å². The minimum Gasteiger partial charge on any atom is -0.255 e. The molecule has 5 aromatic carbocycles. The molecule has 0 atom stereocenters. The van der Waals surface area contributed by atoms with Crippen molar-refractivity contribution in [2.24, 2.45) is 0 Å². The molecule has 0 aliphatic rings. The Morgan fingerprint density at radius 3 is 1.73 bits per heavy atom. The highest BCUT2D eigenvalue weighted by atomic mass is 32.1. The Hall–Kier alpha value is -6.23. The van der Waals surface area contributed by atoms with Gasteiger partial charge >= 0.3 is 0 Å². The van der Waals surface area contributed by atoms with Crippen LogP contribution in [0.25, 0.3) is 87.6 Å². The SMILES string of the molecule is c1ccc(-c2cc(-c3ccc(-c4c(-c5ccccc5)sc5c(-c6ccccc6)nc6ccccc6c45)cc3)cc(-c3ccccn3)n2)cc1. The molecule has 0 spiro atoms. The summed E-state index contributed by atoms with van der Waals surface area (Å²) in [6, 6.07) is 59.4. The number of para-hydroxylation sites is 1. The third-order valence-corrected chi connectivity index (χ3v) is 10.2. The molecule has 0 saturated heterocycles. The Morgan fingerprint density at radius 1 is 0.408 bits per heavy atom. The molecule has 9 aromatic rings. The Morgan fingerprint density at radius 2 is 1.02 bits per heavy atom. The van der Waals surface area contributed by atoms with Gasteiger partial charge in [0.25, 0.3) is 0 Å². The zero-order valence-electron chi connectivity index (χ0n) is 26.5. The monoisotopic (exact) mass is 643 g/mol. The van der Waals surface area contributed by atoms with E-state index < -0.39 is 0 Å². The van der Waals surface area contributed by atoms with E-state index >= 15 is 0 Å². The lowest BCUT2D eigenvalue weighted by Gasteiger charge is -2.12. The molecule has 49 heavy (non-hydrogen) atoms. The van der Waals surface area contributed by atoms with Gasteiger partial charge in [-0.05, 0) is 52.6 Å². The largest absolute Gasteiger partial charge is 0.255 e. The number of fused-ring (bicyclic) bond motifs is 3. The van der Waals surface area contributed by atoms with Gasteiger partial charge in [-0.25, -0.2) is 9.97 Å². The molecule has 0 aliphatic carbocycles. The lowest BCUT2D eigenvalue weighted by atomic mass is 9.93. The number of rotatable bonds is 6. The average Bonchev–Trinajstić information content (AvgIpc) is 3.60. The summed E-state index contributed by atoms with van der Waals surface area (Å²) in [5, 5.41) is 2.41. The molecule has 9 rings (SSSR count). The van der Waals surface area contributed by atoms with Crippen molar-refractivity contribution in [1.29, 1.82) is 0 Å². The molecule has 0 N–H and O–H groups in total. The van der Waals surface area contributed by atoms with Crippen molar-refractivity contribution < 1.29 is 0 Å². The summed E-state index contributed by atoms with van der Waals surface area (Å²) < 4.78 is 1.20. The van der Waals surface area contributed by atoms with Crippen molar-refractivity contribution >= 4 is 32.3 Å². The van der Waals surface area contributed by atoms with E-state index in [9.17, 15) is 0 Å². The van der Waals surface area contributed by atoms with E-state index in [0.717, 1.165) is 55.9 Å². The maximum Gasteiger partial charge on any atom is 0.0899 e. The molecule has 4 aromatic heterocycles. The van der Waals surface area contributed by atoms with Gasteiger partial charge in [0.15, 0.2) is 0 Å². The fourth-order valence-electron chi connectivity index (χ4n) is 6.60. The molecular formula is C45H29N3S. The molecule has 0 bridgehead atoms. The standard InChI is InChI=1S/C45H29N3S/c1-4-14-31(15-5-1)39-28-35(29-40(47-39)38-22-12-13-27-46-38)30-23-25-32(26-24-30)41-42-36-20-10-11-21-37(36)48-43(33-16-6-2-7-17-33)45(42)49-44(41)34-18-8-3-9-19-34/h1-29H. The van der Waals surface area contributed by atoms with E-state index in [1.54, 1.807) is 0 Å². The van der Waals surface area contributed by atoms with Gasteiger partial charge in [-0.3, -0.25) is 4.98 Å². The van der Waals surface area contributed by atoms with Crippen LogP contribution in [0.4, 0.5) is 0 Å². The fourth-order valence-corrected chi connectivity index (χ4v) is 7.95. The fraction of sp³-hybridized carbons (Fsp3) is 0. The van der Waals surface area contributed by atoms with E-state index in [4.69, 9.17) is 9.97 Å². The summed E-state index contributed by atoms with van der Waals surface area (Å²) in [5.41, 5.74) is 12.7. The Bertz CT molecular complexity index is 2500. The van der Waals surface area contributed by atoms with Crippen molar-refractivity contribution in [3.8, 4) is 66.6 Å². The molecule has 0 amide bonds. The average molecular weight is 644 g/mol. The van der Waals surface area contributed by atoms with E-state index in [1.165, 1.54) is 31.7 Å². The number of thiophene rings is 1. The molecule has 0 radical (unpaired) electrons. The quantitative estimate of drug-likeness (QED) is 0.181. The normalized spacial score (nSPS) is 11.3. The molecule has 230 valence electrons. The molecule has 0 aliphatic heterocycles. The summed E-state index contributed by atoms with van der Waals surface area (Å²) in [4.78, 5) is 16.1. The van der Waals surface area contributed by atoms with E-state index in [1.807, 2.05) is 41.8 Å². The lowest BCUT2D eigenvalue weighted by molar-refractivity contribution is 1.25. The van der Waals surface area contributed by atoms with Crippen LogP contribution in [0, 0.1) is 0 Å². The first-order valence-electron chi connectivity index (χ1n) is 16.4. The zero-order chi connectivity index (χ0) is 32.6. The van der Waals surface area contributed by atoms with Crippen molar-refractivity contribution in [3.05, 3.63) is 176 Å². The number of nitrogens with zero attached hydrogens (tertiary/aromatic N) is 3. The minimum atomic E-state index is 0.851. The van der Waals surface area contributed by atoms with Gasteiger partial charge in [0.2, 0.25) is 0 Å². The topological polar surface area (TPSA) is 38.7 Å². The van der Waals surface area contributed by atoms with E-state index in [2.05, 4.69) is 151 Å². The molecule has 0 fully saturated rings. The van der Waals surface area contributed by atoms with Gasteiger partial charge in [-0.15, -0.1) is 11.3 Å². The van der Waals surface area contributed by atoms with Crippen LogP contribution in [-0.4, -0.2) is 15.0 Å². The second-order valence-electron chi connectivity index (χ2n) is 12.0. The van der Waals surface area contributed by atoms with Crippen LogP contribution in [-0.2, 0) is 0 Å². The third-order valence-electron chi connectivity index (χ3n) is 8.94. The van der Waals surface area contributed by atoms with Gasteiger partial charge in [0, 0.05) is 38.5 Å². The Balaban J connectivity index is 1.25. The number of aromatic nitrogens is 3. The highest BCUT2D eigenvalue weighted by Gasteiger charge is 2.22. The highest BCUT2D eigenvalue weighted by Crippen LogP contribution is 2.50. The molecule has 0 unspecified atom stereocenters. The minimum absolute atomic E-state index is 0.851. The first kappa shape index (κ1) is 29.0. The Labute approximate surface area is 288 Å². The predicted octanol–water partition coefficient (Wildman–Crippen LogP) is 12.2. The molecule has 4 heteroatoms. The summed E-state index contributed by atoms with van der Waals surface area (Å²) in [6.45, 7) is 0. The molecular weight excluding hydrogens is 615 g/mol. The van der Waals surface area contributed by atoms with Crippen molar-refractivity contribution in [2.45, 2.75) is 0 Å². The van der Waals surface area contributed by atoms with E-state index in [0.29, 0.717) is 0 Å². The van der Waals surface area contributed by atoms with Crippen LogP contribution < -0.4 is 0 Å². The number of hydrogen-bond donors (Lipinski definition) is 0. The summed E-state index contributed by atoms with van der Waals surface area (Å²) >= 11 is 1.83. The van der Waals surface area contributed by atoms with Gasteiger partial charge < -0.3 is 0 Å². The summed E-state index contributed by atoms with van der Waals surface area (Å²) in [5.74, 6) is 0. The second-order valence-corrected chi connectivity index (χ2v) is 13.0. The van der Waals surface area contributed by atoms with Crippen LogP contribution in [0.15, 0.2) is 176 Å². The Kier molecular flexibility index (Phi) is 7.34. The maximum absolute atomic E-state index is 5.23. The predicted molar refractivity (Wildman–Crippen MR) is 205 cm³/mol. The van der Waals surface area contributed by atoms with Crippen molar-refractivity contribution in [1.82, 2.24) is 15.0 Å². The van der Waals surface area contributed by atoms with Crippen LogP contribution in [0.2, 0.25) is 0 Å². The van der Waals surface area contributed by atoms with Gasteiger partial charge in [-0.2, -0.15) is 0 Å². The molecule has 4 heterocycles. The number of pyridine rings is 3. The zero-order valence-corrected chi connectivity index (χ0v) is 27.3. The third kappa shape index (κ3) is 5.38. The smallest absolute Gasteiger partial charge is 0.0899 e. The van der Waals surface area contributed by atoms with Crippen molar-refractivity contribution in [3.63, 3.8) is 0 Å². The van der Waals surface area contributed by atoms with Gasteiger partial charge in [0.05, 0.1) is 33.0 Å². The second kappa shape index (κ2) is 12.4. The van der Waals surface area contributed by atoms with Crippen molar-refractivity contribution in [2.75, 3.05) is 0 Å². The summed E-state index contributed by atoms with van der Waals surface area (Å²) in [7, 11) is 0. The number of benzene rings is 5. The maximum atomic E-state index is 5.23. The first-order chi connectivity index (χ1) is 24.3. The molecule has 3 nitrogen and oxygen atoms in total. The van der Waals surface area contributed by atoms with E-state index in [-0.39, 0.29) is 0 Å². The number of hydrogen-bond acceptors (Lipinski definition) is 4. The van der Waals surface area contributed by atoms with Crippen LogP contribution in [0.5, 0.6) is 0 Å². The van der Waals surface area contributed by atoms with Gasteiger partial charge in [0.1, 0.15) is 0 Å². The molecule has 0 saturated carbocycles. The van der Waals surface area contributed by atoms with Crippen LogP contribution in [0.1, 0.15) is 0 Å². The van der Waals surface area contributed by atoms with Crippen LogP contribution >= 0.6 is 11.3 Å². The highest BCUT2D eigenvalue weighted by molar-refractivity contribution is 7.23. The lowest BCUT2D eigenvalue weighted by Crippen LogP contribution is -1.92. The first-order valence-corrected chi connectivity index (χ1v) is 17.2. The van der Waals surface area contributed by atoms with Crippen LogP contribution in [0.3, 0.4) is 0 Å².